The Morgan fingerprint density at radius 2 is 0.683 bits per heavy atom. The number of hydrogen-bond donors (Lipinski definition) is 10. The average Bonchev–Trinajstić information content (AvgIpc) is 3.24. The van der Waals surface area contributed by atoms with Gasteiger partial charge in [-0.25, -0.2) is 0 Å². The van der Waals surface area contributed by atoms with Crippen molar-refractivity contribution in [2.24, 2.45) is 22.9 Å². The number of nitrogen functional groups attached to an aromatic ring is 4. The molecule has 318 valence electrons. The van der Waals surface area contributed by atoms with Crippen LogP contribution in [0.2, 0.25) is 0 Å². The molecular weight excluding hydrogens is 769 g/mol. The molecule has 0 saturated carbocycles. The second-order valence-corrected chi connectivity index (χ2v) is 13.2. The number of piperazine rings is 1. The maximum Gasteiger partial charge on any atom is 0.312 e. The van der Waals surface area contributed by atoms with Gasteiger partial charge < -0.3 is 62.3 Å². The Hall–Kier alpha value is -7.18. The van der Waals surface area contributed by atoms with Crippen molar-refractivity contribution >= 4 is 35.2 Å². The highest BCUT2D eigenvalue weighted by Crippen LogP contribution is 2.15. The van der Waals surface area contributed by atoms with E-state index in [2.05, 4.69) is 10.6 Å². The molecule has 0 unspecified atom stereocenters. The van der Waals surface area contributed by atoms with Gasteiger partial charge in [0.25, 0.3) is 0 Å². The standard InChI is InChI=1S/C22H26N6O4.C20H28N6O2/c23-19(24)15-1-5-17(6-2-15)31-13-11-27-9-10-28(22(30)21(27)29)12-14-32-18-7-3-16(4-8-18)20(25)26;21-19(22)15-1-5-17(6-2-15)27-13-11-25-9-10-26-12-14-28-18-7-3-16(4-8-18)20(23)24/h1-8H,9-14H2,(H3,23,24)(H3,25,26);1-8,25-26H,9-14H2,(H3,21,22)(H3,23,24). The van der Waals surface area contributed by atoms with Crippen molar-refractivity contribution in [3.63, 3.8) is 0 Å². The van der Waals surface area contributed by atoms with Crippen LogP contribution in [0.15, 0.2) is 97.1 Å². The lowest BCUT2D eigenvalue weighted by atomic mass is 10.2. The van der Waals surface area contributed by atoms with Crippen LogP contribution in [0.4, 0.5) is 0 Å². The fourth-order valence-corrected chi connectivity index (χ4v) is 5.52. The van der Waals surface area contributed by atoms with Crippen LogP contribution in [0, 0.1) is 21.6 Å². The quantitative estimate of drug-likeness (QED) is 0.0219. The Bertz CT molecular complexity index is 1880. The van der Waals surface area contributed by atoms with Gasteiger partial charge in [-0.3, -0.25) is 31.2 Å². The highest BCUT2D eigenvalue weighted by molar-refractivity contribution is 6.35. The lowest BCUT2D eigenvalue weighted by molar-refractivity contribution is -0.156. The van der Waals surface area contributed by atoms with E-state index in [1.54, 1.807) is 72.8 Å². The number of ether oxygens (including phenoxy) is 4. The first kappa shape index (κ1) is 45.5. The zero-order valence-electron chi connectivity index (χ0n) is 33.4. The SMILES string of the molecule is N=C(N)c1ccc(OCCN2CCN(CCOc3ccc(C(=N)N)cc3)C(=O)C2=O)cc1.N=C(N)c1ccc(OCCNCCNCCOc2ccc(C(=N)N)cc2)cc1. The lowest BCUT2D eigenvalue weighted by Crippen LogP contribution is -2.55. The van der Waals surface area contributed by atoms with Crippen molar-refractivity contribution in [2.45, 2.75) is 0 Å². The van der Waals surface area contributed by atoms with Gasteiger partial charge in [0, 0.05) is 61.5 Å². The van der Waals surface area contributed by atoms with Crippen molar-refractivity contribution in [3.05, 3.63) is 119 Å². The third kappa shape index (κ3) is 15.3. The number of hydrogen-bond acceptors (Lipinski definition) is 12. The van der Waals surface area contributed by atoms with E-state index in [0.717, 1.165) is 37.7 Å². The molecule has 1 heterocycles. The topological polar surface area (TPSA) is 301 Å². The van der Waals surface area contributed by atoms with Gasteiger partial charge in [0.1, 0.15) is 72.8 Å². The smallest absolute Gasteiger partial charge is 0.312 e. The number of carbonyl (C=O) groups excluding carboxylic acids is 2. The first-order valence-electron chi connectivity index (χ1n) is 19.2. The number of amidine groups is 4. The molecule has 0 spiro atoms. The Kier molecular flexibility index (Phi) is 18.1. The van der Waals surface area contributed by atoms with Crippen LogP contribution in [0.5, 0.6) is 23.0 Å². The van der Waals surface area contributed by atoms with E-state index in [0.29, 0.717) is 73.1 Å². The van der Waals surface area contributed by atoms with E-state index in [-0.39, 0.29) is 36.6 Å². The summed E-state index contributed by atoms with van der Waals surface area (Å²) in [5.74, 6) is 1.67. The van der Waals surface area contributed by atoms with Gasteiger partial charge in [0.15, 0.2) is 0 Å². The average molecular weight is 823 g/mol. The summed E-state index contributed by atoms with van der Waals surface area (Å²) in [7, 11) is 0. The number of rotatable bonds is 23. The second-order valence-electron chi connectivity index (χ2n) is 13.2. The van der Waals surface area contributed by atoms with Gasteiger partial charge >= 0.3 is 11.8 Å². The van der Waals surface area contributed by atoms with Crippen molar-refractivity contribution < 1.29 is 28.5 Å². The summed E-state index contributed by atoms with van der Waals surface area (Å²) in [6.07, 6.45) is 0. The number of amides is 2. The van der Waals surface area contributed by atoms with Crippen LogP contribution >= 0.6 is 0 Å². The van der Waals surface area contributed by atoms with Crippen LogP contribution in [-0.4, -0.2) is 124 Å². The number of nitrogens with zero attached hydrogens (tertiary/aromatic N) is 2. The maximum absolute atomic E-state index is 12.4. The summed E-state index contributed by atoms with van der Waals surface area (Å²) < 4.78 is 22.5. The zero-order valence-corrected chi connectivity index (χ0v) is 33.4. The second kappa shape index (κ2) is 23.9. The zero-order chi connectivity index (χ0) is 43.3. The van der Waals surface area contributed by atoms with Crippen LogP contribution in [0.3, 0.4) is 0 Å². The van der Waals surface area contributed by atoms with E-state index >= 15 is 0 Å². The van der Waals surface area contributed by atoms with E-state index in [4.69, 9.17) is 63.5 Å². The van der Waals surface area contributed by atoms with Crippen LogP contribution in [0.1, 0.15) is 22.3 Å². The lowest BCUT2D eigenvalue weighted by Gasteiger charge is -2.33. The summed E-state index contributed by atoms with van der Waals surface area (Å²) in [4.78, 5) is 27.8. The van der Waals surface area contributed by atoms with Gasteiger partial charge in [-0.15, -0.1) is 0 Å². The molecule has 2 amide bonds. The Morgan fingerprint density at radius 3 is 0.933 bits per heavy atom. The Balaban J connectivity index is 0.000000267. The molecule has 1 saturated heterocycles. The van der Waals surface area contributed by atoms with E-state index in [1.807, 2.05) is 24.3 Å². The van der Waals surface area contributed by atoms with Crippen LogP contribution in [0.25, 0.3) is 0 Å². The first-order valence-corrected chi connectivity index (χ1v) is 19.2. The van der Waals surface area contributed by atoms with Gasteiger partial charge in [-0.1, -0.05) is 0 Å². The predicted octanol–water partition coefficient (Wildman–Crippen LogP) is 1.28. The monoisotopic (exact) mass is 822 g/mol. The van der Waals surface area contributed by atoms with Gasteiger partial charge in [-0.05, 0) is 97.1 Å². The van der Waals surface area contributed by atoms with E-state index in [1.165, 1.54) is 9.80 Å². The number of nitrogens with two attached hydrogens (primary N) is 4. The predicted molar refractivity (Wildman–Crippen MR) is 231 cm³/mol. The summed E-state index contributed by atoms with van der Waals surface area (Å²) in [5.41, 5.74) is 24.3. The minimum atomic E-state index is -0.558. The number of benzene rings is 4. The molecule has 5 rings (SSSR count). The molecule has 0 aliphatic carbocycles. The molecule has 0 bridgehead atoms. The largest absolute Gasteiger partial charge is 0.492 e. The minimum absolute atomic E-state index is 0.0187. The molecule has 0 aromatic heterocycles. The van der Waals surface area contributed by atoms with Gasteiger partial charge in [0.05, 0.1) is 13.1 Å². The van der Waals surface area contributed by atoms with Gasteiger partial charge in [0.2, 0.25) is 0 Å². The van der Waals surface area contributed by atoms with Crippen molar-refractivity contribution in [3.8, 4) is 23.0 Å². The molecule has 18 heteroatoms. The molecule has 60 heavy (non-hydrogen) atoms. The molecular formula is C42H54N12O6. The highest BCUT2D eigenvalue weighted by Gasteiger charge is 2.32. The summed E-state index contributed by atoms with van der Waals surface area (Å²) in [6.45, 7) is 6.23. The van der Waals surface area contributed by atoms with E-state index in [9.17, 15) is 9.59 Å². The molecule has 4 aromatic carbocycles. The third-order valence-electron chi connectivity index (χ3n) is 8.89. The summed E-state index contributed by atoms with van der Waals surface area (Å²) in [5, 5.41) is 36.0. The van der Waals surface area contributed by atoms with Crippen molar-refractivity contribution in [1.29, 1.82) is 21.6 Å². The number of carbonyl (C=O) groups is 2. The Morgan fingerprint density at radius 1 is 0.433 bits per heavy atom. The molecule has 18 nitrogen and oxygen atoms in total. The third-order valence-corrected chi connectivity index (χ3v) is 8.89. The molecule has 1 aliphatic heterocycles. The molecule has 14 N–H and O–H groups in total. The molecule has 0 atom stereocenters. The minimum Gasteiger partial charge on any atom is -0.492 e. The van der Waals surface area contributed by atoms with Crippen LogP contribution in [-0.2, 0) is 9.59 Å². The summed E-state index contributed by atoms with van der Waals surface area (Å²) >= 11 is 0. The molecule has 4 aromatic rings. The fraction of sp³-hybridized carbons (Fsp3) is 0.286. The summed E-state index contributed by atoms with van der Waals surface area (Å²) in [6, 6.07) is 27.9. The molecule has 0 radical (unpaired) electrons. The molecule has 1 fully saturated rings. The Labute approximate surface area is 349 Å². The maximum atomic E-state index is 12.4. The molecule has 1 aliphatic rings. The van der Waals surface area contributed by atoms with Gasteiger partial charge in [-0.2, -0.15) is 0 Å². The normalized spacial score (nSPS) is 12.2. The fourth-order valence-electron chi connectivity index (χ4n) is 5.52. The number of nitrogens with one attached hydrogen (secondary N) is 6. The van der Waals surface area contributed by atoms with E-state index < -0.39 is 11.8 Å². The van der Waals surface area contributed by atoms with Crippen LogP contribution < -0.4 is 52.5 Å². The van der Waals surface area contributed by atoms with Crippen molar-refractivity contribution in [1.82, 2.24) is 20.4 Å². The van der Waals surface area contributed by atoms with Crippen molar-refractivity contribution in [2.75, 3.05) is 78.8 Å². The highest BCUT2D eigenvalue weighted by atomic mass is 16.5. The first-order chi connectivity index (χ1) is 28.9.